The molecule has 4 N–H and O–H groups in total. The molecule has 2 aromatic carbocycles. The van der Waals surface area contributed by atoms with E-state index in [1.807, 2.05) is 36.4 Å². The van der Waals surface area contributed by atoms with E-state index >= 15 is 0 Å². The Morgan fingerprint density at radius 2 is 1.87 bits per heavy atom. The van der Waals surface area contributed by atoms with Crippen molar-refractivity contribution in [3.05, 3.63) is 82.0 Å². The minimum absolute atomic E-state index is 0.00494. The summed E-state index contributed by atoms with van der Waals surface area (Å²) < 4.78 is 5.52. The second-order valence-corrected chi connectivity index (χ2v) is 7.75. The van der Waals surface area contributed by atoms with Crippen LogP contribution in [0, 0.1) is 11.3 Å². The molecule has 8 heteroatoms. The summed E-state index contributed by atoms with van der Waals surface area (Å²) in [4.78, 5) is 24.7. The normalized spacial score (nSPS) is 15.7. The van der Waals surface area contributed by atoms with Crippen molar-refractivity contribution in [1.29, 1.82) is 5.26 Å². The van der Waals surface area contributed by atoms with Gasteiger partial charge in [0.15, 0.2) is 0 Å². The number of nitrogens with zero attached hydrogens (tertiary/aromatic N) is 1. The van der Waals surface area contributed by atoms with Crippen LogP contribution in [0.1, 0.15) is 18.4 Å². The second kappa shape index (κ2) is 9.87. The maximum absolute atomic E-state index is 13.3. The van der Waals surface area contributed by atoms with Crippen LogP contribution in [0.15, 0.2) is 76.5 Å². The molecule has 1 atom stereocenters. The van der Waals surface area contributed by atoms with Crippen LogP contribution in [0.5, 0.6) is 5.75 Å². The zero-order valence-corrected chi connectivity index (χ0v) is 18.0. The Kier molecular flexibility index (Phi) is 7.00. The first-order valence-electron chi connectivity index (χ1n) is 9.48. The number of allylic oxidation sites excluding steroid dienone is 2. The number of para-hydroxylation sites is 2. The van der Waals surface area contributed by atoms with E-state index in [-0.39, 0.29) is 11.7 Å². The van der Waals surface area contributed by atoms with Crippen LogP contribution in [-0.4, -0.2) is 24.7 Å². The highest BCUT2D eigenvalue weighted by atomic mass is 32.2. The Hall–Kier alpha value is -3.70. The van der Waals surface area contributed by atoms with Crippen LogP contribution in [0.2, 0.25) is 0 Å². The fraction of sp³-hybridized carbons (Fsp3) is 0.174. The van der Waals surface area contributed by atoms with E-state index in [0.717, 1.165) is 11.8 Å². The molecule has 0 bridgehead atoms. The molecule has 0 aliphatic carbocycles. The smallest absolute Gasteiger partial charge is 0.254 e. The number of nitrogens with one attached hydrogen (secondary N) is 2. The molecule has 0 saturated carbocycles. The third kappa shape index (κ3) is 4.90. The largest absolute Gasteiger partial charge is 0.496 e. The van der Waals surface area contributed by atoms with Crippen LogP contribution in [-0.2, 0) is 9.59 Å². The molecule has 3 rings (SSSR count). The lowest BCUT2D eigenvalue weighted by molar-refractivity contribution is -0.115. The molecule has 158 valence electrons. The van der Waals surface area contributed by atoms with Gasteiger partial charge in [0, 0.05) is 22.5 Å². The number of methoxy groups -OCH3 is 1. The highest BCUT2D eigenvalue weighted by Crippen LogP contribution is 2.43. The number of benzene rings is 2. The first kappa shape index (κ1) is 22.0. The minimum Gasteiger partial charge on any atom is -0.496 e. The van der Waals surface area contributed by atoms with E-state index < -0.39 is 11.8 Å². The van der Waals surface area contributed by atoms with Crippen molar-refractivity contribution in [3.8, 4) is 11.8 Å². The molecule has 0 radical (unpaired) electrons. The van der Waals surface area contributed by atoms with Crippen molar-refractivity contribution in [2.24, 2.45) is 5.73 Å². The quantitative estimate of drug-likeness (QED) is 0.616. The number of nitrogens with two attached hydrogens (primary N) is 1. The third-order valence-electron chi connectivity index (χ3n) is 4.73. The molecular formula is C23H22N4O3S. The van der Waals surface area contributed by atoms with Crippen molar-refractivity contribution < 1.29 is 14.3 Å². The van der Waals surface area contributed by atoms with Gasteiger partial charge in [-0.1, -0.05) is 48.2 Å². The molecular weight excluding hydrogens is 412 g/mol. The summed E-state index contributed by atoms with van der Waals surface area (Å²) in [6.07, 6.45) is 0. The molecule has 7 nitrogen and oxygen atoms in total. The maximum atomic E-state index is 13.3. The summed E-state index contributed by atoms with van der Waals surface area (Å²) in [5.41, 5.74) is 7.91. The molecule has 1 aliphatic heterocycles. The molecule has 0 aromatic heterocycles. The van der Waals surface area contributed by atoms with Gasteiger partial charge in [0.1, 0.15) is 5.75 Å². The molecule has 31 heavy (non-hydrogen) atoms. The number of hydrogen-bond donors (Lipinski definition) is 3. The maximum Gasteiger partial charge on any atom is 0.254 e. The lowest BCUT2D eigenvalue weighted by Crippen LogP contribution is -2.31. The van der Waals surface area contributed by atoms with Crippen molar-refractivity contribution >= 4 is 29.3 Å². The van der Waals surface area contributed by atoms with Crippen molar-refractivity contribution in [3.63, 3.8) is 0 Å². The fourth-order valence-corrected chi connectivity index (χ4v) is 4.24. The number of carbonyl (C=O) groups is 2. The highest BCUT2D eigenvalue weighted by molar-refractivity contribution is 8.03. The van der Waals surface area contributed by atoms with Crippen LogP contribution in [0.4, 0.5) is 5.69 Å². The lowest BCUT2D eigenvalue weighted by Gasteiger charge is -2.30. The van der Waals surface area contributed by atoms with Gasteiger partial charge >= 0.3 is 0 Å². The van der Waals surface area contributed by atoms with E-state index in [9.17, 15) is 14.9 Å². The Morgan fingerprint density at radius 1 is 1.19 bits per heavy atom. The second-order valence-electron chi connectivity index (χ2n) is 6.77. The summed E-state index contributed by atoms with van der Waals surface area (Å²) in [5, 5.41) is 16.5. The number of hydrogen-bond acceptors (Lipinski definition) is 6. The van der Waals surface area contributed by atoms with Crippen molar-refractivity contribution in [2.45, 2.75) is 12.8 Å². The Labute approximate surface area is 185 Å². The molecule has 1 heterocycles. The number of thioether (sulfide) groups is 1. The lowest BCUT2D eigenvalue weighted by atomic mass is 9.81. The first-order chi connectivity index (χ1) is 15.0. The SMILES string of the molecule is COc1ccccc1C1C(C#N)=C(SCC(N)=O)NC(C)=C1C(=O)Nc1ccccc1. The summed E-state index contributed by atoms with van der Waals surface area (Å²) in [6.45, 7) is 1.77. The summed E-state index contributed by atoms with van der Waals surface area (Å²) in [7, 11) is 1.54. The molecule has 1 unspecified atom stereocenters. The van der Waals surface area contributed by atoms with E-state index in [1.165, 1.54) is 0 Å². The van der Waals surface area contributed by atoms with Gasteiger partial charge in [0.25, 0.3) is 5.91 Å². The monoisotopic (exact) mass is 434 g/mol. The van der Waals surface area contributed by atoms with Crippen LogP contribution < -0.4 is 21.1 Å². The van der Waals surface area contributed by atoms with E-state index in [2.05, 4.69) is 16.7 Å². The number of anilines is 1. The molecule has 2 aromatic rings. The van der Waals surface area contributed by atoms with Crippen LogP contribution >= 0.6 is 11.8 Å². The summed E-state index contributed by atoms with van der Waals surface area (Å²) in [6, 6.07) is 18.6. The topological polar surface area (TPSA) is 117 Å². The van der Waals surface area contributed by atoms with Crippen molar-refractivity contribution in [1.82, 2.24) is 5.32 Å². The van der Waals surface area contributed by atoms with E-state index in [4.69, 9.17) is 10.5 Å². The molecule has 1 aliphatic rings. The van der Waals surface area contributed by atoms with Gasteiger partial charge in [-0.2, -0.15) is 5.26 Å². The number of primary amides is 1. The molecule has 0 fully saturated rings. The number of nitriles is 1. The Balaban J connectivity index is 2.11. The molecule has 0 spiro atoms. The number of ether oxygens (including phenoxy) is 1. The van der Waals surface area contributed by atoms with E-state index in [1.54, 1.807) is 32.2 Å². The van der Waals surface area contributed by atoms with Gasteiger partial charge in [-0.25, -0.2) is 0 Å². The third-order valence-corrected chi connectivity index (χ3v) is 5.77. The summed E-state index contributed by atoms with van der Waals surface area (Å²) >= 11 is 1.14. The van der Waals surface area contributed by atoms with Crippen LogP contribution in [0.3, 0.4) is 0 Å². The van der Waals surface area contributed by atoms with Gasteiger partial charge in [0.05, 0.1) is 35.5 Å². The van der Waals surface area contributed by atoms with Gasteiger partial charge in [-0.3, -0.25) is 9.59 Å². The number of rotatable bonds is 7. The highest BCUT2D eigenvalue weighted by Gasteiger charge is 2.36. The van der Waals surface area contributed by atoms with Gasteiger partial charge in [0.2, 0.25) is 5.91 Å². The zero-order chi connectivity index (χ0) is 22.4. The first-order valence-corrected chi connectivity index (χ1v) is 10.5. The number of amides is 2. The predicted octanol–water partition coefficient (Wildman–Crippen LogP) is 3.25. The van der Waals surface area contributed by atoms with Gasteiger partial charge in [-0.15, -0.1) is 0 Å². The molecule has 0 saturated heterocycles. The average molecular weight is 435 g/mol. The standard InChI is InChI=1S/C23H22N4O3S/c1-14-20(22(29)27-15-8-4-3-5-9-15)21(16-10-6-7-11-18(16)30-2)17(12-24)23(26-14)31-13-19(25)28/h3-11,21,26H,13H2,1-2H3,(H2,25,28)(H,27,29). The minimum atomic E-state index is -0.679. The fourth-order valence-electron chi connectivity index (χ4n) is 3.41. The Bertz CT molecular complexity index is 1100. The van der Waals surface area contributed by atoms with E-state index in [0.29, 0.717) is 38.9 Å². The van der Waals surface area contributed by atoms with Gasteiger partial charge < -0.3 is 21.1 Å². The number of dihydropyridines is 1. The Morgan fingerprint density at radius 3 is 2.52 bits per heavy atom. The average Bonchev–Trinajstić information content (AvgIpc) is 2.77. The van der Waals surface area contributed by atoms with Gasteiger partial charge in [-0.05, 0) is 25.1 Å². The zero-order valence-electron chi connectivity index (χ0n) is 17.1. The summed E-state index contributed by atoms with van der Waals surface area (Å²) in [5.74, 6) is -0.954. The van der Waals surface area contributed by atoms with Crippen molar-refractivity contribution in [2.75, 3.05) is 18.2 Å². The van der Waals surface area contributed by atoms with Crippen LogP contribution in [0.25, 0.3) is 0 Å². The predicted molar refractivity (Wildman–Crippen MR) is 121 cm³/mol. The number of carbonyl (C=O) groups excluding carboxylic acids is 2. The molecule has 2 amide bonds.